The molecule has 0 unspecified atom stereocenters. The number of aliphatic hydroxyl groups is 1. The van der Waals surface area contributed by atoms with Gasteiger partial charge in [-0.2, -0.15) is 0 Å². The molecular weight excluding hydrogens is 299 g/mol. The fourth-order valence-corrected chi connectivity index (χ4v) is 2.30. The molecule has 0 atom stereocenters. The molecule has 6 nitrogen and oxygen atoms in total. The molecule has 0 fully saturated rings. The first kappa shape index (κ1) is 17.1. The minimum atomic E-state index is -0.420. The predicted molar refractivity (Wildman–Crippen MR) is 84.0 cm³/mol. The van der Waals surface area contributed by atoms with Crippen molar-refractivity contribution in [3.05, 3.63) is 41.7 Å². The van der Waals surface area contributed by atoms with Gasteiger partial charge in [-0.25, -0.2) is 14.1 Å². The van der Waals surface area contributed by atoms with Crippen molar-refractivity contribution in [3.63, 3.8) is 0 Å². The minimum absolute atomic E-state index is 0.0204. The number of likely N-dealkylation sites (N-methyl/N-ethyl adjacent to an activating group) is 1. The molecule has 0 saturated heterocycles. The van der Waals surface area contributed by atoms with Crippen LogP contribution in [0.1, 0.15) is 36.7 Å². The smallest absolute Gasteiger partial charge is 0.293 e. The number of halogens is 1. The Labute approximate surface area is 134 Å². The van der Waals surface area contributed by atoms with Gasteiger partial charge in [0.25, 0.3) is 5.91 Å². The van der Waals surface area contributed by atoms with Crippen LogP contribution in [0.3, 0.4) is 0 Å². The van der Waals surface area contributed by atoms with Gasteiger partial charge in [0.2, 0.25) is 5.82 Å². The van der Waals surface area contributed by atoms with E-state index in [-0.39, 0.29) is 30.6 Å². The Hall–Kier alpha value is -2.28. The minimum Gasteiger partial charge on any atom is -0.395 e. The van der Waals surface area contributed by atoms with Gasteiger partial charge in [0, 0.05) is 19.5 Å². The van der Waals surface area contributed by atoms with Crippen molar-refractivity contribution in [2.45, 2.75) is 26.7 Å². The summed E-state index contributed by atoms with van der Waals surface area (Å²) in [5.41, 5.74) is 0.271. The van der Waals surface area contributed by atoms with Gasteiger partial charge >= 0.3 is 0 Å². The first-order chi connectivity index (χ1) is 11.1. The highest BCUT2D eigenvalue weighted by atomic mass is 19.1. The molecule has 124 valence electrons. The van der Waals surface area contributed by atoms with E-state index in [0.29, 0.717) is 18.8 Å². The molecule has 2 rings (SSSR count). The van der Waals surface area contributed by atoms with E-state index in [1.54, 1.807) is 18.2 Å². The summed E-state index contributed by atoms with van der Waals surface area (Å²) in [6.45, 7) is 4.32. The first-order valence-corrected chi connectivity index (χ1v) is 7.73. The lowest BCUT2D eigenvalue weighted by atomic mass is 10.3. The Bertz CT molecular complexity index is 672. The average molecular weight is 320 g/mol. The number of aryl methyl sites for hydroxylation is 1. The van der Waals surface area contributed by atoms with Crippen LogP contribution in [0, 0.1) is 5.82 Å². The number of aliphatic hydroxyl groups excluding tert-OH is 1. The van der Waals surface area contributed by atoms with Crippen LogP contribution < -0.4 is 0 Å². The fourth-order valence-electron chi connectivity index (χ4n) is 2.30. The van der Waals surface area contributed by atoms with Gasteiger partial charge in [0.15, 0.2) is 0 Å². The van der Waals surface area contributed by atoms with Crippen LogP contribution in [-0.4, -0.2) is 50.4 Å². The molecule has 0 aliphatic carbocycles. The quantitative estimate of drug-likeness (QED) is 0.844. The van der Waals surface area contributed by atoms with Crippen molar-refractivity contribution in [1.82, 2.24) is 19.7 Å². The second-order valence-electron chi connectivity index (χ2n) is 5.07. The highest BCUT2D eigenvalue weighted by Gasteiger charge is 2.22. The van der Waals surface area contributed by atoms with Crippen LogP contribution in [0.5, 0.6) is 0 Å². The Morgan fingerprint density at radius 2 is 2.09 bits per heavy atom. The summed E-state index contributed by atoms with van der Waals surface area (Å²) in [5, 5.41) is 13.2. The van der Waals surface area contributed by atoms with E-state index in [1.807, 2.05) is 13.8 Å². The molecule has 0 aliphatic heterocycles. The van der Waals surface area contributed by atoms with Crippen LogP contribution in [0.25, 0.3) is 5.69 Å². The van der Waals surface area contributed by atoms with Gasteiger partial charge in [-0.05, 0) is 25.5 Å². The number of benzene rings is 1. The summed E-state index contributed by atoms with van der Waals surface area (Å²) in [7, 11) is 0. The van der Waals surface area contributed by atoms with Crippen molar-refractivity contribution in [1.29, 1.82) is 0 Å². The number of para-hydroxylation sites is 1. The topological polar surface area (TPSA) is 71.2 Å². The Balaban J connectivity index is 2.43. The van der Waals surface area contributed by atoms with E-state index >= 15 is 0 Å². The van der Waals surface area contributed by atoms with Crippen molar-refractivity contribution >= 4 is 5.91 Å². The number of amides is 1. The third kappa shape index (κ3) is 3.73. The van der Waals surface area contributed by atoms with Crippen LogP contribution in [0.4, 0.5) is 4.39 Å². The molecule has 1 amide bonds. The van der Waals surface area contributed by atoms with Gasteiger partial charge in [-0.3, -0.25) is 4.79 Å². The van der Waals surface area contributed by atoms with E-state index in [4.69, 9.17) is 5.11 Å². The lowest BCUT2D eigenvalue weighted by Gasteiger charge is -2.17. The number of carbonyl (C=O) groups is 1. The first-order valence-electron chi connectivity index (χ1n) is 7.73. The molecule has 0 aliphatic rings. The van der Waals surface area contributed by atoms with Gasteiger partial charge in [0.1, 0.15) is 17.3 Å². The van der Waals surface area contributed by atoms with Gasteiger partial charge in [-0.15, -0.1) is 5.10 Å². The maximum Gasteiger partial charge on any atom is 0.293 e. The van der Waals surface area contributed by atoms with E-state index < -0.39 is 5.82 Å². The zero-order chi connectivity index (χ0) is 16.8. The standard InChI is InChI=1S/C16H21FN4O2/c1-3-7-14-18-15(16(23)20(4-2)10-11-22)19-21(14)13-9-6-5-8-12(13)17/h5-6,8-9,22H,3-4,7,10-11H2,1-2H3. The number of rotatable bonds is 7. The normalized spacial score (nSPS) is 10.8. The molecule has 0 bridgehead atoms. The fraction of sp³-hybridized carbons (Fsp3) is 0.438. The lowest BCUT2D eigenvalue weighted by molar-refractivity contribution is 0.0720. The van der Waals surface area contributed by atoms with Crippen LogP contribution in [-0.2, 0) is 6.42 Å². The van der Waals surface area contributed by atoms with E-state index in [1.165, 1.54) is 15.6 Å². The number of hydrogen-bond acceptors (Lipinski definition) is 4. The summed E-state index contributed by atoms with van der Waals surface area (Å²) < 4.78 is 15.4. The molecule has 0 saturated carbocycles. The molecule has 7 heteroatoms. The maximum atomic E-state index is 14.0. The van der Waals surface area contributed by atoms with Crippen molar-refractivity contribution in [2.24, 2.45) is 0 Å². The zero-order valence-electron chi connectivity index (χ0n) is 13.4. The predicted octanol–water partition coefficient (Wildman–Crippen LogP) is 1.81. The second-order valence-corrected chi connectivity index (χ2v) is 5.07. The SMILES string of the molecule is CCCc1nc(C(=O)N(CC)CCO)nn1-c1ccccc1F. The third-order valence-electron chi connectivity index (χ3n) is 3.46. The summed E-state index contributed by atoms with van der Waals surface area (Å²) >= 11 is 0. The van der Waals surface area contributed by atoms with Crippen LogP contribution in [0.15, 0.2) is 24.3 Å². The number of carbonyl (C=O) groups excluding carboxylic acids is 1. The summed E-state index contributed by atoms with van der Waals surface area (Å²) in [6.07, 6.45) is 1.38. The van der Waals surface area contributed by atoms with E-state index in [9.17, 15) is 9.18 Å². The van der Waals surface area contributed by atoms with E-state index in [2.05, 4.69) is 10.1 Å². The van der Waals surface area contributed by atoms with Crippen LogP contribution in [0.2, 0.25) is 0 Å². The third-order valence-corrected chi connectivity index (χ3v) is 3.46. The summed E-state index contributed by atoms with van der Waals surface area (Å²) in [6, 6.07) is 6.25. The largest absolute Gasteiger partial charge is 0.395 e. The Kier molecular flexibility index (Phi) is 5.81. The molecule has 1 aromatic heterocycles. The molecule has 2 aromatic rings. The molecule has 0 radical (unpaired) electrons. The summed E-state index contributed by atoms with van der Waals surface area (Å²) in [5.74, 6) is -0.224. The van der Waals surface area contributed by atoms with Gasteiger partial charge in [0.05, 0.1) is 6.61 Å². The van der Waals surface area contributed by atoms with Crippen molar-refractivity contribution in [2.75, 3.05) is 19.7 Å². The maximum absolute atomic E-state index is 14.0. The van der Waals surface area contributed by atoms with Gasteiger partial charge in [-0.1, -0.05) is 19.1 Å². The zero-order valence-corrected chi connectivity index (χ0v) is 13.4. The van der Waals surface area contributed by atoms with Crippen molar-refractivity contribution < 1.29 is 14.3 Å². The monoisotopic (exact) mass is 320 g/mol. The molecule has 0 spiro atoms. The number of aromatic nitrogens is 3. The molecule has 23 heavy (non-hydrogen) atoms. The average Bonchev–Trinajstić information content (AvgIpc) is 2.96. The number of hydrogen-bond donors (Lipinski definition) is 1. The highest BCUT2D eigenvalue weighted by molar-refractivity contribution is 5.90. The second kappa shape index (κ2) is 7.82. The molecular formula is C16H21FN4O2. The molecule has 1 aromatic carbocycles. The lowest BCUT2D eigenvalue weighted by Crippen LogP contribution is -2.34. The van der Waals surface area contributed by atoms with Crippen LogP contribution >= 0.6 is 0 Å². The molecule has 1 heterocycles. The number of nitrogens with zero attached hydrogens (tertiary/aromatic N) is 4. The Morgan fingerprint density at radius 3 is 2.70 bits per heavy atom. The van der Waals surface area contributed by atoms with Gasteiger partial charge < -0.3 is 10.0 Å². The summed E-state index contributed by atoms with van der Waals surface area (Å²) in [4.78, 5) is 18.2. The molecule has 1 N–H and O–H groups in total. The highest BCUT2D eigenvalue weighted by Crippen LogP contribution is 2.16. The Morgan fingerprint density at radius 1 is 1.35 bits per heavy atom. The van der Waals surface area contributed by atoms with E-state index in [0.717, 1.165) is 6.42 Å². The van der Waals surface area contributed by atoms with Crippen molar-refractivity contribution in [3.8, 4) is 5.69 Å².